The fourth-order valence-electron chi connectivity index (χ4n) is 2.80. The third kappa shape index (κ3) is 4.46. The molecule has 2 rings (SSSR count). The Morgan fingerprint density at radius 1 is 1.20 bits per heavy atom. The van der Waals surface area contributed by atoms with Gasteiger partial charge in [0.1, 0.15) is 11.9 Å². The highest BCUT2D eigenvalue weighted by molar-refractivity contribution is 6.18. The predicted molar refractivity (Wildman–Crippen MR) is 85.3 cm³/mol. The van der Waals surface area contributed by atoms with Crippen LogP contribution in [0.5, 0.6) is 5.75 Å². The molecule has 2 atom stereocenters. The summed E-state index contributed by atoms with van der Waals surface area (Å²) in [5.41, 5.74) is 1.03. The second-order valence-corrected chi connectivity index (χ2v) is 5.75. The summed E-state index contributed by atoms with van der Waals surface area (Å²) < 4.78 is 6.17. The van der Waals surface area contributed by atoms with Crippen molar-refractivity contribution < 1.29 is 4.74 Å². The van der Waals surface area contributed by atoms with Gasteiger partial charge in [-0.25, -0.2) is 0 Å². The van der Waals surface area contributed by atoms with Gasteiger partial charge < -0.3 is 4.74 Å². The molecule has 108 valence electrons. The van der Waals surface area contributed by atoms with Crippen LogP contribution in [0.25, 0.3) is 0 Å². The van der Waals surface area contributed by atoms with E-state index >= 15 is 0 Å². The number of benzene rings is 1. The standard InChI is InChI=1S/C18H23ClO/c1-2-16-8-3-4-9-18(16)20-17-12-10-15(11-13-17)7-5-6-14-19/h10-13,16,18H,2-4,6,8-9,14H2,1H3. The van der Waals surface area contributed by atoms with E-state index in [1.54, 1.807) is 0 Å². The maximum absolute atomic E-state index is 6.17. The molecule has 0 radical (unpaired) electrons. The minimum Gasteiger partial charge on any atom is -0.490 e. The van der Waals surface area contributed by atoms with Crippen LogP contribution < -0.4 is 4.74 Å². The summed E-state index contributed by atoms with van der Waals surface area (Å²) in [5, 5.41) is 0. The minimum atomic E-state index is 0.391. The summed E-state index contributed by atoms with van der Waals surface area (Å²) in [7, 11) is 0. The molecule has 1 fully saturated rings. The van der Waals surface area contributed by atoms with Crippen LogP contribution in [0.3, 0.4) is 0 Å². The van der Waals surface area contributed by atoms with Crippen LogP contribution in [0.1, 0.15) is 51.0 Å². The molecule has 0 heterocycles. The lowest BCUT2D eigenvalue weighted by molar-refractivity contribution is 0.0904. The normalized spacial score (nSPS) is 21.9. The highest BCUT2D eigenvalue weighted by Crippen LogP contribution is 2.30. The summed E-state index contributed by atoms with van der Waals surface area (Å²) in [6, 6.07) is 8.12. The van der Waals surface area contributed by atoms with E-state index in [4.69, 9.17) is 16.3 Å². The molecule has 0 bridgehead atoms. The lowest BCUT2D eigenvalue weighted by Crippen LogP contribution is -2.29. The van der Waals surface area contributed by atoms with E-state index in [1.165, 1.54) is 32.1 Å². The molecule has 1 nitrogen and oxygen atoms in total. The number of hydrogen-bond donors (Lipinski definition) is 0. The Morgan fingerprint density at radius 3 is 2.65 bits per heavy atom. The van der Waals surface area contributed by atoms with Crippen LogP contribution in [0, 0.1) is 17.8 Å². The topological polar surface area (TPSA) is 9.23 Å². The average molecular weight is 291 g/mol. The Balaban J connectivity index is 1.94. The first-order valence-corrected chi connectivity index (χ1v) is 8.18. The van der Waals surface area contributed by atoms with Crippen LogP contribution in [-0.2, 0) is 0 Å². The Kier molecular flexibility index (Phi) is 6.27. The maximum Gasteiger partial charge on any atom is 0.119 e. The van der Waals surface area contributed by atoms with Gasteiger partial charge >= 0.3 is 0 Å². The second kappa shape index (κ2) is 8.22. The van der Waals surface area contributed by atoms with Gasteiger partial charge in [0.05, 0.1) is 0 Å². The molecule has 1 aliphatic carbocycles. The van der Waals surface area contributed by atoms with Crippen LogP contribution in [0.4, 0.5) is 0 Å². The molecule has 1 aromatic carbocycles. The fourth-order valence-corrected chi connectivity index (χ4v) is 2.89. The van der Waals surface area contributed by atoms with Gasteiger partial charge in [0.15, 0.2) is 0 Å². The predicted octanol–water partition coefficient (Wildman–Crippen LogP) is 5.01. The van der Waals surface area contributed by atoms with E-state index in [0.29, 0.717) is 17.9 Å². The highest BCUT2D eigenvalue weighted by Gasteiger charge is 2.25. The first-order valence-electron chi connectivity index (χ1n) is 7.65. The monoisotopic (exact) mass is 290 g/mol. The molecule has 1 aromatic rings. The van der Waals surface area contributed by atoms with Gasteiger partial charge in [-0.3, -0.25) is 0 Å². The van der Waals surface area contributed by atoms with Crippen molar-refractivity contribution in [1.82, 2.24) is 0 Å². The zero-order valence-electron chi connectivity index (χ0n) is 12.2. The van der Waals surface area contributed by atoms with Gasteiger partial charge in [-0.1, -0.05) is 25.2 Å². The van der Waals surface area contributed by atoms with E-state index in [-0.39, 0.29) is 0 Å². The summed E-state index contributed by atoms with van der Waals surface area (Å²) in [6.45, 7) is 2.27. The number of alkyl halides is 1. The van der Waals surface area contributed by atoms with Crippen molar-refractivity contribution in [2.24, 2.45) is 5.92 Å². The van der Waals surface area contributed by atoms with Crippen molar-refractivity contribution in [2.45, 2.75) is 51.6 Å². The third-order valence-electron chi connectivity index (χ3n) is 3.96. The van der Waals surface area contributed by atoms with Gasteiger partial charge in [0, 0.05) is 17.9 Å². The van der Waals surface area contributed by atoms with Crippen molar-refractivity contribution in [2.75, 3.05) is 5.88 Å². The molecular formula is C18H23ClO. The van der Waals surface area contributed by atoms with E-state index in [1.807, 2.05) is 24.3 Å². The fraction of sp³-hybridized carbons (Fsp3) is 0.556. The zero-order valence-corrected chi connectivity index (χ0v) is 13.0. The summed E-state index contributed by atoms with van der Waals surface area (Å²) >= 11 is 5.61. The molecular weight excluding hydrogens is 268 g/mol. The maximum atomic E-state index is 6.17. The summed E-state index contributed by atoms with van der Waals surface area (Å²) in [4.78, 5) is 0. The second-order valence-electron chi connectivity index (χ2n) is 5.37. The molecule has 2 unspecified atom stereocenters. The van der Waals surface area contributed by atoms with E-state index < -0.39 is 0 Å². The highest BCUT2D eigenvalue weighted by atomic mass is 35.5. The van der Waals surface area contributed by atoms with Gasteiger partial charge in [-0.05, 0) is 55.9 Å². The molecule has 1 aliphatic rings. The van der Waals surface area contributed by atoms with Crippen LogP contribution in [0.2, 0.25) is 0 Å². The third-order valence-corrected chi connectivity index (χ3v) is 4.15. The van der Waals surface area contributed by atoms with Gasteiger partial charge in [-0.2, -0.15) is 0 Å². The number of hydrogen-bond acceptors (Lipinski definition) is 1. The molecule has 2 heteroatoms. The number of halogens is 1. The van der Waals surface area contributed by atoms with E-state index in [0.717, 1.165) is 17.7 Å². The molecule has 20 heavy (non-hydrogen) atoms. The first kappa shape index (κ1) is 15.3. The molecule has 0 aliphatic heterocycles. The summed E-state index contributed by atoms with van der Waals surface area (Å²) in [5.74, 6) is 8.43. The zero-order chi connectivity index (χ0) is 14.2. The molecule has 0 aromatic heterocycles. The van der Waals surface area contributed by atoms with Crippen molar-refractivity contribution in [3.63, 3.8) is 0 Å². The number of ether oxygens (including phenoxy) is 1. The minimum absolute atomic E-state index is 0.391. The smallest absolute Gasteiger partial charge is 0.119 e. The van der Waals surface area contributed by atoms with Crippen molar-refractivity contribution in [3.05, 3.63) is 29.8 Å². The molecule has 0 amide bonds. The van der Waals surface area contributed by atoms with Crippen LogP contribution in [-0.4, -0.2) is 12.0 Å². The molecule has 1 saturated carbocycles. The van der Waals surface area contributed by atoms with Crippen molar-refractivity contribution in [1.29, 1.82) is 0 Å². The Morgan fingerprint density at radius 2 is 1.95 bits per heavy atom. The first-order chi connectivity index (χ1) is 9.83. The average Bonchev–Trinajstić information content (AvgIpc) is 2.50. The van der Waals surface area contributed by atoms with E-state index in [9.17, 15) is 0 Å². The Bertz CT molecular complexity index is 455. The molecule has 0 N–H and O–H groups in total. The Hall–Kier alpha value is -1.13. The molecule has 0 spiro atoms. The SMILES string of the molecule is CCC1CCCCC1Oc1ccc(C#CCCCl)cc1. The van der Waals surface area contributed by atoms with Crippen LogP contribution >= 0.6 is 11.6 Å². The van der Waals surface area contributed by atoms with Crippen molar-refractivity contribution in [3.8, 4) is 17.6 Å². The lowest BCUT2D eigenvalue weighted by Gasteiger charge is -2.31. The van der Waals surface area contributed by atoms with Crippen LogP contribution in [0.15, 0.2) is 24.3 Å². The lowest BCUT2D eigenvalue weighted by atomic mass is 9.85. The quantitative estimate of drug-likeness (QED) is 0.559. The summed E-state index contributed by atoms with van der Waals surface area (Å²) in [6.07, 6.45) is 7.49. The van der Waals surface area contributed by atoms with Crippen molar-refractivity contribution >= 4 is 11.6 Å². The van der Waals surface area contributed by atoms with E-state index in [2.05, 4.69) is 18.8 Å². The number of rotatable bonds is 4. The largest absolute Gasteiger partial charge is 0.490 e. The Labute approximate surface area is 127 Å². The van der Waals surface area contributed by atoms with Gasteiger partial charge in [0.25, 0.3) is 0 Å². The molecule has 0 saturated heterocycles. The van der Waals surface area contributed by atoms with Gasteiger partial charge in [-0.15, -0.1) is 11.6 Å². The van der Waals surface area contributed by atoms with Gasteiger partial charge in [0.2, 0.25) is 0 Å².